The van der Waals surface area contributed by atoms with Crippen molar-refractivity contribution in [1.29, 1.82) is 0 Å². The lowest BCUT2D eigenvalue weighted by Crippen LogP contribution is -2.30. The molecule has 0 saturated carbocycles. The van der Waals surface area contributed by atoms with E-state index in [4.69, 9.17) is 23.3 Å². The van der Waals surface area contributed by atoms with Gasteiger partial charge in [-0.3, -0.25) is 23.4 Å². The van der Waals surface area contributed by atoms with E-state index in [9.17, 15) is 28.9 Å². The zero-order valence-corrected chi connectivity index (χ0v) is 46.8. The molecule has 0 aromatic carbocycles. The number of carbonyl (C=O) groups excluding carboxylic acids is 3. The minimum absolute atomic E-state index is 0.0540. The van der Waals surface area contributed by atoms with E-state index >= 15 is 0 Å². The molecule has 3 unspecified atom stereocenters. The predicted octanol–water partition coefficient (Wildman–Crippen LogP) is 16.9. The van der Waals surface area contributed by atoms with Crippen molar-refractivity contribution in [3.63, 3.8) is 0 Å². The Morgan fingerprint density at radius 3 is 1.19 bits per heavy atom. The molecule has 0 aromatic heterocycles. The van der Waals surface area contributed by atoms with Crippen LogP contribution in [0.3, 0.4) is 0 Å². The molecule has 0 bridgehead atoms. The van der Waals surface area contributed by atoms with Crippen LogP contribution in [0.4, 0.5) is 0 Å². The highest BCUT2D eigenvalue weighted by Crippen LogP contribution is 2.43. The van der Waals surface area contributed by atoms with Gasteiger partial charge in [-0.1, -0.05) is 209 Å². The summed E-state index contributed by atoms with van der Waals surface area (Å²) in [5.41, 5.74) is 0. The molecular formula is C60H105O11P. The van der Waals surface area contributed by atoms with Gasteiger partial charge in [0, 0.05) is 19.3 Å². The molecule has 416 valence electrons. The van der Waals surface area contributed by atoms with Crippen LogP contribution in [0.15, 0.2) is 72.9 Å². The molecular weight excluding hydrogens is 928 g/mol. The van der Waals surface area contributed by atoms with Gasteiger partial charge in [0.25, 0.3) is 0 Å². The van der Waals surface area contributed by atoms with Crippen molar-refractivity contribution in [2.45, 2.75) is 264 Å². The molecule has 0 aliphatic rings. The first kappa shape index (κ1) is 68.9. The maximum Gasteiger partial charge on any atom is 0.472 e. The van der Waals surface area contributed by atoms with Gasteiger partial charge in [-0.25, -0.2) is 4.57 Å². The van der Waals surface area contributed by atoms with E-state index in [1.807, 2.05) is 12.2 Å². The average Bonchev–Trinajstić information content (AvgIpc) is 3.37. The molecule has 0 spiro atoms. The number of carbonyl (C=O) groups is 3. The van der Waals surface area contributed by atoms with Gasteiger partial charge >= 0.3 is 25.7 Å². The van der Waals surface area contributed by atoms with Gasteiger partial charge in [0.2, 0.25) is 0 Å². The van der Waals surface area contributed by atoms with Gasteiger partial charge in [0.05, 0.1) is 19.8 Å². The van der Waals surface area contributed by atoms with Gasteiger partial charge in [-0.05, 0) is 96.3 Å². The summed E-state index contributed by atoms with van der Waals surface area (Å²) in [6.45, 7) is 4.43. The summed E-state index contributed by atoms with van der Waals surface area (Å²) in [5.74, 6) is -1.56. The second-order valence-corrected chi connectivity index (χ2v) is 20.5. The fourth-order valence-electron chi connectivity index (χ4n) is 7.71. The normalized spacial score (nSPS) is 13.9. The van der Waals surface area contributed by atoms with E-state index in [0.717, 1.165) is 89.9 Å². The second-order valence-electron chi connectivity index (χ2n) is 19.1. The third-order valence-electron chi connectivity index (χ3n) is 12.1. The summed E-state index contributed by atoms with van der Waals surface area (Å²) in [6.07, 6.45) is 60.2. The van der Waals surface area contributed by atoms with E-state index in [-0.39, 0.29) is 25.9 Å². The van der Waals surface area contributed by atoms with Gasteiger partial charge in [0.15, 0.2) is 6.10 Å². The molecule has 12 heteroatoms. The third kappa shape index (κ3) is 51.8. The average molecular weight is 1030 g/mol. The molecule has 0 heterocycles. The zero-order chi connectivity index (χ0) is 52.7. The number of aliphatic hydroxyl groups excluding tert-OH is 1. The van der Waals surface area contributed by atoms with Crippen molar-refractivity contribution in [3.8, 4) is 0 Å². The number of allylic oxidation sites excluding steroid dienone is 12. The highest BCUT2D eigenvalue weighted by atomic mass is 31.2. The van der Waals surface area contributed by atoms with E-state index in [2.05, 4.69) is 81.5 Å². The number of unbranched alkanes of at least 4 members (excludes halogenated alkanes) is 24. The second kappa shape index (κ2) is 54.2. The first-order valence-corrected chi connectivity index (χ1v) is 30.3. The summed E-state index contributed by atoms with van der Waals surface area (Å²) in [4.78, 5) is 48.5. The highest BCUT2D eigenvalue weighted by Gasteiger charge is 2.28. The van der Waals surface area contributed by atoms with Gasteiger partial charge in [-0.2, -0.15) is 0 Å². The number of hydrogen-bond acceptors (Lipinski definition) is 10. The van der Waals surface area contributed by atoms with Crippen LogP contribution in [-0.4, -0.2) is 66.5 Å². The Balaban J connectivity index is 4.79. The Hall–Kier alpha value is -3.08. The van der Waals surface area contributed by atoms with Crippen molar-refractivity contribution < 1.29 is 52.2 Å². The topological polar surface area (TPSA) is 155 Å². The van der Waals surface area contributed by atoms with Crippen LogP contribution in [0.2, 0.25) is 0 Å². The largest absolute Gasteiger partial charge is 0.472 e. The third-order valence-corrected chi connectivity index (χ3v) is 13.0. The minimum Gasteiger partial charge on any atom is -0.462 e. The first-order valence-electron chi connectivity index (χ1n) is 28.8. The molecule has 2 N–H and O–H groups in total. The summed E-state index contributed by atoms with van der Waals surface area (Å²) in [7, 11) is -4.77. The van der Waals surface area contributed by atoms with Crippen molar-refractivity contribution in [3.05, 3.63) is 72.9 Å². The molecule has 72 heavy (non-hydrogen) atoms. The van der Waals surface area contributed by atoms with Gasteiger partial charge < -0.3 is 24.2 Å². The molecule has 0 rings (SSSR count). The highest BCUT2D eigenvalue weighted by molar-refractivity contribution is 7.47. The Bertz CT molecular complexity index is 1490. The van der Waals surface area contributed by atoms with Crippen LogP contribution in [0.1, 0.15) is 252 Å². The molecule has 0 aromatic rings. The van der Waals surface area contributed by atoms with E-state index in [1.165, 1.54) is 103 Å². The number of hydrogen-bond donors (Lipinski definition) is 2. The quantitative estimate of drug-likeness (QED) is 0.0197. The molecule has 0 amide bonds. The SMILES string of the molecule is CC/C=C\C/C=C\C/C=C\C/C=C\CCC(=O)OC(CO)COP(=O)(O)OCC(COC(=O)CCCCCCCCC/C=C\CCCCCCCC)OC(=O)CCCCCCC/C=C\CCCCCCCC. The standard InChI is InChI=1S/C60H105O11P/c1-4-7-10-13-16-19-22-25-27-28-30-32-34-37-40-43-46-49-58(62)67-53-57(71-60(64)51-48-45-42-39-36-33-29-26-23-20-17-14-11-8-5-2)55-69-72(65,66)68-54-56(52-61)70-59(63)50-47-44-41-38-35-31-24-21-18-15-12-9-6-3/h9,12,18,21,25-27,29,31,35,41,44,56-57,61H,4-8,10-11,13-17,19-20,22-24,28,30,32-34,36-40,42-43,45-55H2,1-3H3,(H,65,66)/b12-9-,21-18-,27-25-,29-26-,35-31-,44-41-. The summed E-state index contributed by atoms with van der Waals surface area (Å²) in [5, 5.41) is 9.78. The lowest BCUT2D eigenvalue weighted by atomic mass is 10.1. The predicted molar refractivity (Wildman–Crippen MR) is 298 cm³/mol. The molecule has 0 aliphatic carbocycles. The van der Waals surface area contributed by atoms with Crippen molar-refractivity contribution in [2.24, 2.45) is 0 Å². The lowest BCUT2D eigenvalue weighted by Gasteiger charge is -2.21. The van der Waals surface area contributed by atoms with Crippen molar-refractivity contribution in [1.82, 2.24) is 0 Å². The van der Waals surface area contributed by atoms with E-state index < -0.39 is 57.8 Å². The van der Waals surface area contributed by atoms with Crippen LogP contribution >= 0.6 is 7.82 Å². The van der Waals surface area contributed by atoms with E-state index in [0.29, 0.717) is 19.3 Å². The fraction of sp³-hybridized carbons (Fsp3) is 0.750. The summed E-state index contributed by atoms with van der Waals surface area (Å²) >= 11 is 0. The van der Waals surface area contributed by atoms with Crippen molar-refractivity contribution >= 4 is 25.7 Å². The van der Waals surface area contributed by atoms with Crippen LogP contribution in [0.5, 0.6) is 0 Å². The molecule has 11 nitrogen and oxygen atoms in total. The smallest absolute Gasteiger partial charge is 0.462 e. The Morgan fingerprint density at radius 2 is 0.750 bits per heavy atom. The number of esters is 3. The summed E-state index contributed by atoms with van der Waals surface area (Å²) < 4.78 is 39.4. The van der Waals surface area contributed by atoms with Crippen LogP contribution in [0, 0.1) is 0 Å². The minimum atomic E-state index is -4.77. The first-order chi connectivity index (χ1) is 35.2. The maximum atomic E-state index is 12.9. The Morgan fingerprint density at radius 1 is 0.403 bits per heavy atom. The molecule has 0 radical (unpaired) electrons. The molecule has 0 saturated heterocycles. The number of phosphoric ester groups is 1. The van der Waals surface area contributed by atoms with Crippen LogP contribution in [0.25, 0.3) is 0 Å². The fourth-order valence-corrected chi connectivity index (χ4v) is 8.50. The molecule has 0 aliphatic heterocycles. The van der Waals surface area contributed by atoms with Gasteiger partial charge in [-0.15, -0.1) is 0 Å². The Kier molecular flexibility index (Phi) is 51.9. The maximum absolute atomic E-state index is 12.9. The molecule has 0 fully saturated rings. The number of phosphoric acid groups is 1. The lowest BCUT2D eigenvalue weighted by molar-refractivity contribution is -0.161. The monoisotopic (exact) mass is 1030 g/mol. The van der Waals surface area contributed by atoms with Crippen LogP contribution < -0.4 is 0 Å². The number of aliphatic hydroxyl groups is 1. The molecule has 3 atom stereocenters. The van der Waals surface area contributed by atoms with Gasteiger partial charge in [0.1, 0.15) is 12.7 Å². The van der Waals surface area contributed by atoms with Crippen LogP contribution in [-0.2, 0) is 42.2 Å². The summed E-state index contributed by atoms with van der Waals surface area (Å²) in [6, 6.07) is 0. The number of rotatable bonds is 53. The van der Waals surface area contributed by atoms with E-state index in [1.54, 1.807) is 0 Å². The zero-order valence-electron chi connectivity index (χ0n) is 45.9. The Labute approximate surface area is 439 Å². The van der Waals surface area contributed by atoms with Crippen molar-refractivity contribution in [2.75, 3.05) is 26.4 Å². The number of ether oxygens (including phenoxy) is 3.